The number of rotatable bonds is 6. The monoisotopic (exact) mass is 434 g/mol. The number of nitrogens with zero attached hydrogens (tertiary/aromatic N) is 1. The summed E-state index contributed by atoms with van der Waals surface area (Å²) in [6, 6.07) is 21.4. The van der Waals surface area contributed by atoms with Crippen LogP contribution in [0, 0.1) is 0 Å². The molecule has 4 nitrogen and oxygen atoms in total. The minimum atomic E-state index is -0.237. The highest BCUT2D eigenvalue weighted by Gasteiger charge is 2.13. The Kier molecular flexibility index (Phi) is 5.93. The van der Waals surface area contributed by atoms with Crippen molar-refractivity contribution in [3.05, 3.63) is 89.1 Å². The number of carbonyl (C=O) groups excluding carboxylic acids is 1. The molecule has 1 aromatic heterocycles. The summed E-state index contributed by atoms with van der Waals surface area (Å²) in [5.74, 6) is -0.323. The summed E-state index contributed by atoms with van der Waals surface area (Å²) in [7, 11) is 0. The van der Waals surface area contributed by atoms with Crippen molar-refractivity contribution in [3.63, 3.8) is 0 Å². The number of benzene rings is 3. The highest BCUT2D eigenvalue weighted by molar-refractivity contribution is 7.99. The van der Waals surface area contributed by atoms with E-state index in [4.69, 9.17) is 11.6 Å². The van der Waals surface area contributed by atoms with Gasteiger partial charge >= 0.3 is 0 Å². The average Bonchev–Trinajstić information content (AvgIpc) is 2.74. The zero-order chi connectivity index (χ0) is 21.1. The normalized spacial score (nSPS) is 10.9. The Morgan fingerprint density at radius 2 is 1.93 bits per heavy atom. The fraction of sp³-hybridized carbons (Fsp3) is 0.0833. The minimum absolute atomic E-state index is 0.0855. The van der Waals surface area contributed by atoms with Gasteiger partial charge in [-0.15, -0.1) is 0 Å². The van der Waals surface area contributed by atoms with E-state index in [9.17, 15) is 9.90 Å². The molecule has 0 aliphatic rings. The second-order valence-electron chi connectivity index (χ2n) is 6.83. The summed E-state index contributed by atoms with van der Waals surface area (Å²) in [5, 5.41) is 15.1. The first-order valence-electron chi connectivity index (χ1n) is 9.39. The first kappa shape index (κ1) is 20.3. The smallest absolute Gasteiger partial charge is 0.163 e. The lowest BCUT2D eigenvalue weighted by Crippen LogP contribution is -2.03. The third kappa shape index (κ3) is 4.42. The summed E-state index contributed by atoms with van der Waals surface area (Å²) in [5.41, 5.74) is 2.66. The molecule has 0 fully saturated rings. The molecule has 0 amide bonds. The molecule has 6 heteroatoms. The number of nitrogens with one attached hydrogen (secondary N) is 1. The van der Waals surface area contributed by atoms with Crippen molar-refractivity contribution in [2.24, 2.45) is 0 Å². The number of anilines is 1. The van der Waals surface area contributed by atoms with Crippen LogP contribution in [0.15, 0.2) is 82.7 Å². The van der Waals surface area contributed by atoms with Crippen LogP contribution >= 0.6 is 23.4 Å². The summed E-state index contributed by atoms with van der Waals surface area (Å²) >= 11 is 7.78. The molecule has 0 bridgehead atoms. The highest BCUT2D eigenvalue weighted by Crippen LogP contribution is 2.35. The second-order valence-corrected chi connectivity index (χ2v) is 8.38. The van der Waals surface area contributed by atoms with Crippen LogP contribution in [-0.2, 0) is 6.54 Å². The molecule has 1 heterocycles. The number of hydrogen-bond donors (Lipinski definition) is 2. The first-order chi connectivity index (χ1) is 14.5. The third-order valence-corrected chi connectivity index (χ3v) is 6.03. The van der Waals surface area contributed by atoms with E-state index in [-0.39, 0.29) is 17.1 Å². The maximum Gasteiger partial charge on any atom is 0.163 e. The Hall–Kier alpha value is -3.02. The number of phenolic OH excluding ortho intramolecular Hbond substituents is 1. The molecule has 30 heavy (non-hydrogen) atoms. The molecule has 0 radical (unpaired) electrons. The number of fused-ring (bicyclic) bond motifs is 1. The summed E-state index contributed by atoms with van der Waals surface area (Å²) in [4.78, 5) is 18.4. The van der Waals surface area contributed by atoms with Crippen molar-refractivity contribution >= 4 is 45.7 Å². The van der Waals surface area contributed by atoms with Gasteiger partial charge in [0.1, 0.15) is 5.75 Å². The minimum Gasteiger partial charge on any atom is -0.505 e. The largest absolute Gasteiger partial charge is 0.505 e. The van der Waals surface area contributed by atoms with Crippen LogP contribution in [0.25, 0.3) is 10.9 Å². The van der Waals surface area contributed by atoms with E-state index in [1.54, 1.807) is 24.0 Å². The van der Waals surface area contributed by atoms with E-state index in [0.717, 1.165) is 26.3 Å². The van der Waals surface area contributed by atoms with E-state index >= 15 is 0 Å². The molecule has 0 aliphatic heterocycles. The van der Waals surface area contributed by atoms with Gasteiger partial charge in [0, 0.05) is 32.9 Å². The predicted octanol–water partition coefficient (Wildman–Crippen LogP) is 6.56. The number of carbonyl (C=O) groups is 1. The number of aromatic hydroxyl groups is 1. The highest BCUT2D eigenvalue weighted by atomic mass is 35.5. The fourth-order valence-electron chi connectivity index (χ4n) is 3.18. The van der Waals surface area contributed by atoms with Crippen molar-refractivity contribution in [1.82, 2.24) is 4.98 Å². The molecule has 3 aromatic carbocycles. The Morgan fingerprint density at radius 3 is 2.77 bits per heavy atom. The van der Waals surface area contributed by atoms with Crippen LogP contribution in [-0.4, -0.2) is 15.9 Å². The van der Waals surface area contributed by atoms with E-state index in [0.29, 0.717) is 17.3 Å². The third-order valence-electron chi connectivity index (χ3n) is 4.70. The van der Waals surface area contributed by atoms with Crippen molar-refractivity contribution in [2.45, 2.75) is 23.3 Å². The predicted molar refractivity (Wildman–Crippen MR) is 123 cm³/mol. The lowest BCUT2D eigenvalue weighted by molar-refractivity contribution is 0.101. The Bertz CT molecular complexity index is 1240. The van der Waals surface area contributed by atoms with Crippen LogP contribution in [0.1, 0.15) is 22.8 Å². The molecule has 0 spiro atoms. The van der Waals surface area contributed by atoms with Crippen LogP contribution in [0.2, 0.25) is 5.02 Å². The maximum absolute atomic E-state index is 11.7. The zero-order valence-corrected chi connectivity index (χ0v) is 17.8. The Labute approximate surface area is 183 Å². The van der Waals surface area contributed by atoms with E-state index in [1.807, 2.05) is 30.3 Å². The zero-order valence-electron chi connectivity index (χ0n) is 16.2. The summed E-state index contributed by atoms with van der Waals surface area (Å²) in [6.45, 7) is 1.87. The fourth-order valence-corrected chi connectivity index (χ4v) is 4.38. The number of halogens is 1. The van der Waals surface area contributed by atoms with Crippen molar-refractivity contribution < 1.29 is 9.90 Å². The number of Topliss-reactive ketones (excluding diaryl/α,β-unsaturated/α-hetero) is 1. The summed E-state index contributed by atoms with van der Waals surface area (Å²) < 4.78 is 0. The van der Waals surface area contributed by atoms with Crippen LogP contribution in [0.5, 0.6) is 5.75 Å². The number of hydrogen-bond acceptors (Lipinski definition) is 5. The van der Waals surface area contributed by atoms with E-state index in [2.05, 4.69) is 34.6 Å². The molecule has 2 N–H and O–H groups in total. The van der Waals surface area contributed by atoms with Gasteiger partial charge < -0.3 is 10.4 Å². The molecule has 4 aromatic rings. The van der Waals surface area contributed by atoms with Crippen LogP contribution in [0.4, 0.5) is 5.69 Å². The molecule has 0 unspecified atom stereocenters. The van der Waals surface area contributed by atoms with Gasteiger partial charge in [-0.2, -0.15) is 0 Å². The lowest BCUT2D eigenvalue weighted by Gasteiger charge is -2.14. The van der Waals surface area contributed by atoms with Gasteiger partial charge in [0.05, 0.1) is 16.8 Å². The standard InChI is InChI=1S/C24H19ClN2O2S/c1-15(28)20-11-18(25)12-22(24(20)29)27-14-17-5-2-3-7-23(17)30-19-9-8-16-6-4-10-26-21(16)13-19/h2-13,27,29H,14H2,1H3. The number of pyridine rings is 1. The van der Waals surface area contributed by atoms with Gasteiger partial charge in [0.25, 0.3) is 0 Å². The number of phenols is 1. The summed E-state index contributed by atoms with van der Waals surface area (Å²) in [6.07, 6.45) is 1.79. The molecule has 150 valence electrons. The van der Waals surface area contributed by atoms with E-state index in [1.165, 1.54) is 13.0 Å². The van der Waals surface area contributed by atoms with Crippen molar-refractivity contribution in [3.8, 4) is 5.75 Å². The maximum atomic E-state index is 11.7. The molecule has 0 atom stereocenters. The average molecular weight is 435 g/mol. The van der Waals surface area contributed by atoms with Gasteiger partial charge in [0.2, 0.25) is 0 Å². The van der Waals surface area contributed by atoms with E-state index < -0.39 is 0 Å². The topological polar surface area (TPSA) is 62.2 Å². The second kappa shape index (κ2) is 8.78. The van der Waals surface area contributed by atoms with Gasteiger partial charge in [-0.1, -0.05) is 53.7 Å². The van der Waals surface area contributed by atoms with Crippen molar-refractivity contribution in [2.75, 3.05) is 5.32 Å². The van der Waals surface area contributed by atoms with Crippen LogP contribution in [0.3, 0.4) is 0 Å². The quantitative estimate of drug-likeness (QED) is 0.266. The van der Waals surface area contributed by atoms with Crippen LogP contribution < -0.4 is 5.32 Å². The lowest BCUT2D eigenvalue weighted by atomic mass is 10.1. The van der Waals surface area contributed by atoms with Gasteiger partial charge in [-0.05, 0) is 48.9 Å². The molecule has 0 saturated heterocycles. The first-order valence-corrected chi connectivity index (χ1v) is 10.6. The molecular weight excluding hydrogens is 416 g/mol. The van der Waals surface area contributed by atoms with Gasteiger partial charge in [-0.3, -0.25) is 9.78 Å². The molecule has 0 saturated carbocycles. The van der Waals surface area contributed by atoms with Gasteiger partial charge in [-0.25, -0.2) is 0 Å². The van der Waals surface area contributed by atoms with Gasteiger partial charge in [0.15, 0.2) is 5.78 Å². The Morgan fingerprint density at radius 1 is 1.10 bits per heavy atom. The number of aromatic nitrogens is 1. The molecule has 0 aliphatic carbocycles. The molecule has 4 rings (SSSR count). The Balaban J connectivity index is 1.57. The number of ketones is 1. The molecular formula is C24H19ClN2O2S. The SMILES string of the molecule is CC(=O)c1cc(Cl)cc(NCc2ccccc2Sc2ccc3cccnc3c2)c1O. The van der Waals surface area contributed by atoms with Crippen molar-refractivity contribution in [1.29, 1.82) is 0 Å².